The molecule has 2 heterocycles. The predicted octanol–water partition coefficient (Wildman–Crippen LogP) is 3.96. The number of aliphatic hydroxyl groups excluding tert-OH is 1. The lowest BCUT2D eigenvalue weighted by molar-refractivity contribution is -0.120. The van der Waals surface area contributed by atoms with E-state index < -0.39 is 18.3 Å². The van der Waals surface area contributed by atoms with Crippen LogP contribution in [0, 0.1) is 11.7 Å². The number of ketones is 1. The third kappa shape index (κ3) is 4.88. The lowest BCUT2D eigenvalue weighted by atomic mass is 9.94. The predicted molar refractivity (Wildman–Crippen MR) is 115 cm³/mol. The second-order valence-corrected chi connectivity index (χ2v) is 8.87. The Labute approximate surface area is 182 Å². The Morgan fingerprint density at radius 1 is 1.30 bits per heavy atom. The number of Topliss-reactive ketones (excluding diaryl/α,β-unsaturated/α-hetero) is 1. The molecule has 6 nitrogen and oxygen atoms in total. The smallest absolute Gasteiger partial charge is 0.346 e. The van der Waals surface area contributed by atoms with Gasteiger partial charge in [0.05, 0.1) is 16.5 Å². The van der Waals surface area contributed by atoms with Crippen LogP contribution >= 0.6 is 22.9 Å². The Bertz CT molecular complexity index is 1080. The molecule has 3 rings (SSSR count). The fourth-order valence-electron chi connectivity index (χ4n) is 3.28. The van der Waals surface area contributed by atoms with E-state index in [0.717, 1.165) is 9.56 Å². The first-order valence-corrected chi connectivity index (χ1v) is 10.9. The van der Waals surface area contributed by atoms with Crippen molar-refractivity contribution in [2.45, 2.75) is 39.3 Å². The van der Waals surface area contributed by atoms with Crippen molar-refractivity contribution in [1.82, 2.24) is 14.3 Å². The van der Waals surface area contributed by atoms with Crippen molar-refractivity contribution in [3.63, 3.8) is 0 Å². The number of thiophene rings is 1. The highest BCUT2D eigenvalue weighted by atomic mass is 35.5. The number of aromatic nitrogens is 3. The van der Waals surface area contributed by atoms with E-state index in [9.17, 15) is 19.1 Å². The third-order valence-electron chi connectivity index (χ3n) is 4.65. The van der Waals surface area contributed by atoms with Gasteiger partial charge in [-0.1, -0.05) is 43.6 Å². The first-order valence-electron chi connectivity index (χ1n) is 9.59. The second-order valence-electron chi connectivity index (χ2n) is 7.51. The van der Waals surface area contributed by atoms with E-state index in [1.807, 2.05) is 31.4 Å². The Morgan fingerprint density at radius 3 is 2.70 bits per heavy atom. The number of aliphatic hydroxyl groups is 1. The van der Waals surface area contributed by atoms with Gasteiger partial charge in [0, 0.05) is 18.9 Å². The molecule has 0 aliphatic carbocycles. The van der Waals surface area contributed by atoms with Crippen LogP contribution in [0.5, 0.6) is 0 Å². The number of benzene rings is 1. The lowest BCUT2D eigenvalue weighted by Crippen LogP contribution is -2.29. The van der Waals surface area contributed by atoms with Gasteiger partial charge in [-0.15, -0.1) is 16.4 Å². The topological polar surface area (TPSA) is 77.1 Å². The molecule has 1 unspecified atom stereocenters. The Kier molecular flexibility index (Phi) is 7.23. The number of hydrogen-bond acceptors (Lipinski definition) is 5. The fourth-order valence-corrected chi connectivity index (χ4v) is 4.18. The summed E-state index contributed by atoms with van der Waals surface area (Å²) in [7, 11) is 0. The number of carbonyl (C=O) groups is 1. The van der Waals surface area contributed by atoms with Crippen LogP contribution < -0.4 is 5.69 Å². The molecular weight excluding hydrogens is 429 g/mol. The van der Waals surface area contributed by atoms with Crippen molar-refractivity contribution in [1.29, 1.82) is 0 Å². The van der Waals surface area contributed by atoms with Crippen LogP contribution in [-0.4, -0.2) is 31.8 Å². The standard InChI is InChI=1S/C21H23ClFN3O3S/c1-13(2)10-25-20(18-7-4-8-30-18)24-26(21(25)29)11-15(28)9-14(12-27)16-5-3-6-17(22)19(16)23/h3-8,13-14,27H,9-12H2,1-2H3. The van der Waals surface area contributed by atoms with Gasteiger partial charge in [-0.3, -0.25) is 9.36 Å². The quantitative estimate of drug-likeness (QED) is 0.534. The average Bonchev–Trinajstić information content (AvgIpc) is 3.32. The first kappa shape index (κ1) is 22.4. The van der Waals surface area contributed by atoms with Crippen molar-refractivity contribution >= 4 is 28.7 Å². The molecule has 0 aliphatic rings. The van der Waals surface area contributed by atoms with Crippen LogP contribution in [0.3, 0.4) is 0 Å². The minimum absolute atomic E-state index is 0.0670. The van der Waals surface area contributed by atoms with Crippen molar-refractivity contribution in [2.75, 3.05) is 6.61 Å². The molecule has 0 fully saturated rings. The van der Waals surface area contributed by atoms with E-state index in [1.165, 1.54) is 23.5 Å². The summed E-state index contributed by atoms with van der Waals surface area (Å²) in [6, 6.07) is 8.22. The fraction of sp³-hybridized carbons (Fsp3) is 0.381. The minimum Gasteiger partial charge on any atom is -0.396 e. The maximum Gasteiger partial charge on any atom is 0.346 e. The summed E-state index contributed by atoms with van der Waals surface area (Å²) in [5, 5.41) is 15.9. The van der Waals surface area contributed by atoms with Crippen molar-refractivity contribution in [3.05, 3.63) is 62.6 Å². The molecule has 30 heavy (non-hydrogen) atoms. The van der Waals surface area contributed by atoms with Crippen molar-refractivity contribution in [3.8, 4) is 10.7 Å². The Morgan fingerprint density at radius 2 is 2.07 bits per heavy atom. The van der Waals surface area contributed by atoms with E-state index in [0.29, 0.717) is 12.4 Å². The SMILES string of the molecule is CC(C)Cn1c(-c2cccs2)nn(CC(=O)CC(CO)c2cccc(Cl)c2F)c1=O. The molecular formula is C21H23ClFN3O3S. The second kappa shape index (κ2) is 9.68. The largest absolute Gasteiger partial charge is 0.396 e. The molecule has 1 atom stereocenters. The first-order chi connectivity index (χ1) is 14.3. The molecule has 0 amide bonds. The summed E-state index contributed by atoms with van der Waals surface area (Å²) in [5.41, 5.74) is -0.190. The molecule has 2 aromatic heterocycles. The third-order valence-corrected chi connectivity index (χ3v) is 5.81. The lowest BCUT2D eigenvalue weighted by Gasteiger charge is -2.15. The summed E-state index contributed by atoms with van der Waals surface area (Å²) in [6.07, 6.45) is -0.133. The summed E-state index contributed by atoms with van der Waals surface area (Å²) in [5.74, 6) is -0.983. The number of hydrogen-bond donors (Lipinski definition) is 1. The van der Waals surface area contributed by atoms with E-state index >= 15 is 0 Å². The molecule has 1 N–H and O–H groups in total. The van der Waals surface area contributed by atoms with Gasteiger partial charge in [0.15, 0.2) is 11.6 Å². The summed E-state index contributed by atoms with van der Waals surface area (Å²) in [6.45, 7) is 3.81. The molecule has 0 saturated heterocycles. The van der Waals surface area contributed by atoms with Gasteiger partial charge in [-0.2, -0.15) is 0 Å². The number of carbonyl (C=O) groups excluding carboxylic acids is 1. The van der Waals surface area contributed by atoms with Crippen LogP contribution in [0.4, 0.5) is 4.39 Å². The zero-order chi connectivity index (χ0) is 21.8. The zero-order valence-corrected chi connectivity index (χ0v) is 18.3. The number of rotatable bonds is 9. The number of halogens is 2. The molecule has 0 radical (unpaired) electrons. The Hall–Kier alpha value is -2.29. The van der Waals surface area contributed by atoms with Gasteiger partial charge >= 0.3 is 5.69 Å². The van der Waals surface area contributed by atoms with Gasteiger partial charge in [0.1, 0.15) is 12.4 Å². The van der Waals surface area contributed by atoms with E-state index in [1.54, 1.807) is 10.6 Å². The molecule has 0 spiro atoms. The molecule has 3 aromatic rings. The molecule has 0 aliphatic heterocycles. The summed E-state index contributed by atoms with van der Waals surface area (Å²) in [4.78, 5) is 26.4. The maximum absolute atomic E-state index is 14.3. The van der Waals surface area contributed by atoms with Crippen LogP contribution in [0.25, 0.3) is 10.7 Å². The molecule has 0 bridgehead atoms. The van der Waals surface area contributed by atoms with Gasteiger partial charge in [-0.25, -0.2) is 13.9 Å². The van der Waals surface area contributed by atoms with Gasteiger partial charge < -0.3 is 5.11 Å². The molecule has 0 saturated carbocycles. The molecule has 9 heteroatoms. The molecule has 160 valence electrons. The van der Waals surface area contributed by atoms with Crippen LogP contribution in [0.1, 0.15) is 31.7 Å². The average molecular weight is 452 g/mol. The van der Waals surface area contributed by atoms with Crippen LogP contribution in [0.15, 0.2) is 40.5 Å². The van der Waals surface area contributed by atoms with E-state index in [-0.39, 0.29) is 40.9 Å². The monoisotopic (exact) mass is 451 g/mol. The maximum atomic E-state index is 14.3. The normalized spacial score (nSPS) is 12.5. The van der Waals surface area contributed by atoms with E-state index in [2.05, 4.69) is 5.10 Å². The Balaban J connectivity index is 1.84. The van der Waals surface area contributed by atoms with Gasteiger partial charge in [-0.05, 0) is 29.0 Å². The van der Waals surface area contributed by atoms with Gasteiger partial charge in [0.2, 0.25) is 0 Å². The van der Waals surface area contributed by atoms with Gasteiger partial charge in [0.25, 0.3) is 0 Å². The highest BCUT2D eigenvalue weighted by Gasteiger charge is 2.23. The van der Waals surface area contributed by atoms with E-state index in [4.69, 9.17) is 11.6 Å². The van der Waals surface area contributed by atoms with Crippen LogP contribution in [0.2, 0.25) is 5.02 Å². The molecule has 1 aromatic carbocycles. The highest BCUT2D eigenvalue weighted by molar-refractivity contribution is 7.13. The summed E-state index contributed by atoms with van der Waals surface area (Å²) < 4.78 is 17.0. The summed E-state index contributed by atoms with van der Waals surface area (Å²) >= 11 is 7.28. The van der Waals surface area contributed by atoms with Crippen molar-refractivity contribution in [2.24, 2.45) is 5.92 Å². The highest BCUT2D eigenvalue weighted by Crippen LogP contribution is 2.27. The van der Waals surface area contributed by atoms with Crippen LogP contribution in [-0.2, 0) is 17.9 Å². The zero-order valence-electron chi connectivity index (χ0n) is 16.7. The minimum atomic E-state index is -0.749. The van der Waals surface area contributed by atoms with Crippen molar-refractivity contribution < 1.29 is 14.3 Å². The number of nitrogens with zero attached hydrogens (tertiary/aromatic N) is 3.